The van der Waals surface area contributed by atoms with Gasteiger partial charge in [0.05, 0.1) is 18.0 Å². The average Bonchev–Trinajstić information content (AvgIpc) is 3.16. The number of nitrogens with zero attached hydrogens (tertiary/aromatic N) is 1. The van der Waals surface area contributed by atoms with Gasteiger partial charge in [-0.15, -0.1) is 0 Å². The zero-order valence-corrected chi connectivity index (χ0v) is 14.6. The van der Waals surface area contributed by atoms with Crippen molar-refractivity contribution in [3.05, 3.63) is 84.9 Å². The van der Waals surface area contributed by atoms with Gasteiger partial charge in [-0.3, -0.25) is 0 Å². The van der Waals surface area contributed by atoms with Crippen molar-refractivity contribution < 1.29 is 4.74 Å². The van der Waals surface area contributed by atoms with Gasteiger partial charge in [0.2, 0.25) is 0 Å². The smallest absolute Gasteiger partial charge is 0.138 e. The zero-order valence-electron chi connectivity index (χ0n) is 14.6. The minimum absolute atomic E-state index is 0.663. The number of hydrogen-bond donors (Lipinski definition) is 1. The number of aromatic amines is 1. The molecule has 4 aromatic rings. The fourth-order valence-corrected chi connectivity index (χ4v) is 3.00. The Morgan fingerprint density at radius 3 is 1.96 bits per heavy atom. The van der Waals surface area contributed by atoms with E-state index in [-0.39, 0.29) is 0 Å². The molecule has 3 nitrogen and oxygen atoms in total. The highest BCUT2D eigenvalue weighted by atomic mass is 16.5. The van der Waals surface area contributed by atoms with E-state index in [1.54, 1.807) is 0 Å². The highest BCUT2D eigenvalue weighted by molar-refractivity contribution is 5.81. The molecule has 1 heterocycles. The third kappa shape index (κ3) is 3.24. The van der Waals surface area contributed by atoms with Crippen LogP contribution in [0.5, 0.6) is 5.75 Å². The van der Waals surface area contributed by atoms with Crippen LogP contribution in [0.2, 0.25) is 0 Å². The quantitative estimate of drug-likeness (QED) is 0.498. The molecule has 0 unspecified atom stereocenters. The summed E-state index contributed by atoms with van der Waals surface area (Å²) in [4.78, 5) is 8.42. The number of aromatic nitrogens is 2. The number of ether oxygens (including phenoxy) is 1. The fraction of sp³-hybridized carbons (Fsp3) is 0.0870. The van der Waals surface area contributed by atoms with E-state index in [0.29, 0.717) is 6.61 Å². The molecule has 0 saturated heterocycles. The van der Waals surface area contributed by atoms with Crippen molar-refractivity contribution in [1.29, 1.82) is 0 Å². The molecule has 0 radical (unpaired) electrons. The molecule has 0 aliphatic rings. The van der Waals surface area contributed by atoms with Crippen molar-refractivity contribution in [2.24, 2.45) is 0 Å². The largest absolute Gasteiger partial charge is 0.494 e. The maximum atomic E-state index is 5.53. The lowest BCUT2D eigenvalue weighted by Crippen LogP contribution is -1.90. The van der Waals surface area contributed by atoms with Crippen LogP contribution in [0, 0.1) is 0 Å². The summed E-state index contributed by atoms with van der Waals surface area (Å²) >= 11 is 0. The van der Waals surface area contributed by atoms with E-state index in [1.807, 2.05) is 67.6 Å². The van der Waals surface area contributed by atoms with Crippen LogP contribution in [0.25, 0.3) is 33.9 Å². The van der Waals surface area contributed by atoms with Crippen LogP contribution in [0.3, 0.4) is 0 Å². The summed E-state index contributed by atoms with van der Waals surface area (Å²) in [6, 6.07) is 28.6. The molecule has 3 heteroatoms. The number of imidazole rings is 1. The second kappa shape index (κ2) is 7.28. The Hall–Kier alpha value is -3.33. The van der Waals surface area contributed by atoms with Crippen molar-refractivity contribution in [3.8, 4) is 39.7 Å². The van der Waals surface area contributed by atoms with Crippen LogP contribution in [0.4, 0.5) is 0 Å². The Morgan fingerprint density at radius 2 is 1.35 bits per heavy atom. The first-order valence-electron chi connectivity index (χ1n) is 8.79. The second-order valence-electron chi connectivity index (χ2n) is 6.00. The Balaban J connectivity index is 1.81. The van der Waals surface area contributed by atoms with Crippen LogP contribution in [-0.4, -0.2) is 16.6 Å². The maximum Gasteiger partial charge on any atom is 0.138 e. The van der Waals surface area contributed by atoms with Crippen molar-refractivity contribution in [1.82, 2.24) is 9.97 Å². The summed E-state index contributed by atoms with van der Waals surface area (Å²) in [5.74, 6) is 1.72. The van der Waals surface area contributed by atoms with Gasteiger partial charge in [0, 0.05) is 16.7 Å². The number of nitrogens with one attached hydrogen (secondary N) is 1. The summed E-state index contributed by atoms with van der Waals surface area (Å²) in [5, 5.41) is 0. The molecule has 0 saturated carbocycles. The molecule has 4 rings (SSSR count). The number of hydrogen-bond acceptors (Lipinski definition) is 2. The summed E-state index contributed by atoms with van der Waals surface area (Å²) in [7, 11) is 0. The van der Waals surface area contributed by atoms with E-state index >= 15 is 0 Å². The third-order valence-corrected chi connectivity index (χ3v) is 4.25. The second-order valence-corrected chi connectivity index (χ2v) is 6.00. The topological polar surface area (TPSA) is 37.9 Å². The van der Waals surface area contributed by atoms with Gasteiger partial charge in [-0.2, -0.15) is 0 Å². The molecule has 0 fully saturated rings. The zero-order chi connectivity index (χ0) is 17.8. The summed E-state index contributed by atoms with van der Waals surface area (Å²) in [6.07, 6.45) is 0. The average molecular weight is 340 g/mol. The molecular weight excluding hydrogens is 320 g/mol. The van der Waals surface area contributed by atoms with Crippen molar-refractivity contribution in [2.45, 2.75) is 6.92 Å². The fourth-order valence-electron chi connectivity index (χ4n) is 3.00. The van der Waals surface area contributed by atoms with Crippen LogP contribution in [0.1, 0.15) is 6.92 Å². The first-order chi connectivity index (χ1) is 12.8. The van der Waals surface area contributed by atoms with E-state index in [1.165, 1.54) is 0 Å². The van der Waals surface area contributed by atoms with Gasteiger partial charge in [0.1, 0.15) is 11.6 Å². The minimum atomic E-state index is 0.663. The Morgan fingerprint density at radius 1 is 0.731 bits per heavy atom. The molecule has 0 spiro atoms. The number of rotatable bonds is 5. The highest BCUT2D eigenvalue weighted by Crippen LogP contribution is 2.33. The van der Waals surface area contributed by atoms with Crippen LogP contribution in [0.15, 0.2) is 84.9 Å². The molecule has 3 aromatic carbocycles. The first-order valence-corrected chi connectivity index (χ1v) is 8.79. The standard InChI is InChI=1S/C23H20N2O/c1-2-26-20-15-13-19(14-16-20)23-24-21(17-9-5-3-6-10-17)22(25-23)18-11-7-4-8-12-18/h3-16H,2H2,1H3,(H,24,25). The molecule has 1 N–H and O–H groups in total. The van der Waals surface area contributed by atoms with Gasteiger partial charge in [0.15, 0.2) is 0 Å². The molecule has 0 atom stereocenters. The van der Waals surface area contributed by atoms with Gasteiger partial charge in [0.25, 0.3) is 0 Å². The Kier molecular flexibility index (Phi) is 4.52. The molecule has 128 valence electrons. The minimum Gasteiger partial charge on any atom is -0.494 e. The first kappa shape index (κ1) is 16.2. The predicted octanol–water partition coefficient (Wildman–Crippen LogP) is 5.81. The molecule has 1 aromatic heterocycles. The van der Waals surface area contributed by atoms with E-state index < -0.39 is 0 Å². The van der Waals surface area contributed by atoms with Crippen molar-refractivity contribution in [3.63, 3.8) is 0 Å². The molecule has 26 heavy (non-hydrogen) atoms. The summed E-state index contributed by atoms with van der Waals surface area (Å²) < 4.78 is 5.53. The van der Waals surface area contributed by atoms with Crippen LogP contribution >= 0.6 is 0 Å². The summed E-state index contributed by atoms with van der Waals surface area (Å²) in [5.41, 5.74) is 5.24. The van der Waals surface area contributed by atoms with Crippen LogP contribution in [-0.2, 0) is 0 Å². The Labute approximate surface area is 153 Å². The monoisotopic (exact) mass is 340 g/mol. The lowest BCUT2D eigenvalue weighted by Gasteiger charge is -2.03. The lowest BCUT2D eigenvalue weighted by molar-refractivity contribution is 0.340. The Bertz CT molecular complexity index is 917. The van der Waals surface area contributed by atoms with Crippen LogP contribution < -0.4 is 4.74 Å². The SMILES string of the molecule is CCOc1ccc(-c2nc(-c3ccccc3)c(-c3ccccc3)[nH]2)cc1. The van der Waals surface area contributed by atoms with Crippen molar-refractivity contribution >= 4 is 0 Å². The number of benzene rings is 3. The van der Waals surface area contributed by atoms with Gasteiger partial charge in [-0.25, -0.2) is 4.98 Å². The molecular formula is C23H20N2O. The van der Waals surface area contributed by atoms with Gasteiger partial charge < -0.3 is 9.72 Å². The van der Waals surface area contributed by atoms with Gasteiger partial charge >= 0.3 is 0 Å². The number of H-pyrrole nitrogens is 1. The molecule has 0 bridgehead atoms. The van der Waals surface area contributed by atoms with Gasteiger partial charge in [-0.05, 0) is 31.2 Å². The maximum absolute atomic E-state index is 5.53. The van der Waals surface area contributed by atoms with E-state index in [2.05, 4.69) is 29.2 Å². The summed E-state index contributed by atoms with van der Waals surface area (Å²) in [6.45, 7) is 2.65. The normalized spacial score (nSPS) is 10.7. The lowest BCUT2D eigenvalue weighted by atomic mass is 10.1. The third-order valence-electron chi connectivity index (χ3n) is 4.25. The molecule has 0 amide bonds. The molecule has 0 aliphatic heterocycles. The van der Waals surface area contributed by atoms with E-state index in [9.17, 15) is 0 Å². The predicted molar refractivity (Wildman–Crippen MR) is 106 cm³/mol. The van der Waals surface area contributed by atoms with E-state index in [0.717, 1.165) is 39.7 Å². The molecule has 0 aliphatic carbocycles. The van der Waals surface area contributed by atoms with E-state index in [4.69, 9.17) is 9.72 Å². The van der Waals surface area contributed by atoms with Crippen molar-refractivity contribution in [2.75, 3.05) is 6.61 Å². The van der Waals surface area contributed by atoms with Gasteiger partial charge in [-0.1, -0.05) is 60.7 Å². The highest BCUT2D eigenvalue weighted by Gasteiger charge is 2.15.